The summed E-state index contributed by atoms with van der Waals surface area (Å²) in [5, 5.41) is 0. The van der Waals surface area contributed by atoms with E-state index >= 15 is 0 Å². The van der Waals surface area contributed by atoms with Crippen LogP contribution in [0.3, 0.4) is 0 Å². The average molecular weight is 264 g/mol. The smallest absolute Gasteiger partial charge is 0.169 e. The number of carbonyl (C=O) groups excluding carboxylic acids is 1. The number of hydrogen-bond acceptors (Lipinski definition) is 5. The molecule has 1 heterocycles. The van der Waals surface area contributed by atoms with Crippen molar-refractivity contribution >= 4 is 11.4 Å². The number of carbonyl (C=O) groups is 1. The Kier molecular flexibility index (Phi) is 6.02. The van der Waals surface area contributed by atoms with Crippen LogP contribution >= 0.6 is 0 Å². The van der Waals surface area contributed by atoms with Crippen LogP contribution in [-0.4, -0.2) is 31.1 Å². The van der Waals surface area contributed by atoms with Gasteiger partial charge in [0.15, 0.2) is 5.78 Å². The molecule has 0 spiro atoms. The molecule has 0 saturated carbocycles. The summed E-state index contributed by atoms with van der Waals surface area (Å²) in [5.74, 6) is 0.492. The topological polar surface area (TPSA) is 74.4 Å². The highest BCUT2D eigenvalue weighted by molar-refractivity contribution is 6.20. The number of pyridine rings is 1. The summed E-state index contributed by atoms with van der Waals surface area (Å²) in [6.07, 6.45) is 2.87. The first kappa shape index (κ1) is 15.2. The molecule has 5 nitrogen and oxygen atoms in total. The van der Waals surface area contributed by atoms with E-state index in [4.69, 9.17) is 15.2 Å². The molecular formula is C14H20N2O3. The minimum absolute atomic E-state index is 0.0250. The van der Waals surface area contributed by atoms with E-state index in [1.54, 1.807) is 25.4 Å². The van der Waals surface area contributed by atoms with Crippen LogP contribution in [0.4, 0.5) is 0 Å². The van der Waals surface area contributed by atoms with Gasteiger partial charge in [0.1, 0.15) is 12.4 Å². The molecule has 0 aliphatic rings. The van der Waals surface area contributed by atoms with E-state index in [-0.39, 0.29) is 11.7 Å². The molecule has 0 atom stereocenters. The van der Waals surface area contributed by atoms with Gasteiger partial charge in [-0.05, 0) is 12.1 Å². The molecule has 0 radical (unpaired) electrons. The van der Waals surface area contributed by atoms with Crippen LogP contribution in [0.2, 0.25) is 0 Å². The maximum Gasteiger partial charge on any atom is 0.169 e. The number of methoxy groups -OCH3 is 1. The zero-order valence-electron chi connectivity index (χ0n) is 11.6. The van der Waals surface area contributed by atoms with Crippen LogP contribution in [0.25, 0.3) is 5.57 Å². The third kappa shape index (κ3) is 4.37. The molecule has 1 rings (SSSR count). The van der Waals surface area contributed by atoms with Gasteiger partial charge >= 0.3 is 0 Å². The summed E-state index contributed by atoms with van der Waals surface area (Å²) in [6.45, 7) is 4.63. The Morgan fingerprint density at radius 2 is 2.16 bits per heavy atom. The van der Waals surface area contributed by atoms with Gasteiger partial charge in [0, 0.05) is 19.2 Å². The Bertz CT molecular complexity index is 439. The first-order valence-electron chi connectivity index (χ1n) is 6.14. The fourth-order valence-corrected chi connectivity index (χ4v) is 1.47. The van der Waals surface area contributed by atoms with Crippen LogP contribution in [0.5, 0.6) is 5.75 Å². The molecule has 19 heavy (non-hydrogen) atoms. The van der Waals surface area contributed by atoms with Crippen molar-refractivity contribution in [2.24, 2.45) is 11.7 Å². The highest BCUT2D eigenvalue weighted by Gasteiger charge is 2.16. The van der Waals surface area contributed by atoms with E-state index in [9.17, 15) is 4.79 Å². The largest absolute Gasteiger partial charge is 0.490 e. The van der Waals surface area contributed by atoms with Gasteiger partial charge < -0.3 is 15.2 Å². The molecule has 0 bridgehead atoms. The fraction of sp³-hybridized carbons (Fsp3) is 0.429. The van der Waals surface area contributed by atoms with Crippen molar-refractivity contribution in [2.45, 2.75) is 13.8 Å². The van der Waals surface area contributed by atoms with Crippen molar-refractivity contribution in [2.75, 3.05) is 20.3 Å². The van der Waals surface area contributed by atoms with E-state index in [0.29, 0.717) is 30.2 Å². The van der Waals surface area contributed by atoms with Crippen molar-refractivity contribution in [3.8, 4) is 5.75 Å². The molecule has 104 valence electrons. The van der Waals surface area contributed by atoms with Gasteiger partial charge in [-0.25, -0.2) is 0 Å². The molecule has 1 aromatic rings. The number of ketones is 1. The summed E-state index contributed by atoms with van der Waals surface area (Å²) in [5.41, 5.74) is 6.49. The van der Waals surface area contributed by atoms with Crippen LogP contribution in [-0.2, 0) is 9.53 Å². The Labute approximate surface area is 113 Å². The highest BCUT2D eigenvalue weighted by Crippen LogP contribution is 2.18. The van der Waals surface area contributed by atoms with Gasteiger partial charge in [-0.2, -0.15) is 0 Å². The molecule has 0 aromatic carbocycles. The molecule has 2 N–H and O–H groups in total. The lowest BCUT2D eigenvalue weighted by atomic mass is 9.99. The minimum atomic E-state index is -0.116. The lowest BCUT2D eigenvalue weighted by Gasteiger charge is -2.09. The van der Waals surface area contributed by atoms with Crippen LogP contribution < -0.4 is 10.5 Å². The molecular weight excluding hydrogens is 244 g/mol. The SMILES string of the molecule is COCCOc1ccc(C(=CN)C(=O)C(C)C)nc1. The first-order valence-corrected chi connectivity index (χ1v) is 6.14. The molecule has 0 saturated heterocycles. The Balaban J connectivity index is 2.77. The number of allylic oxidation sites excluding steroid dienone is 1. The van der Waals surface area contributed by atoms with E-state index < -0.39 is 0 Å². The van der Waals surface area contributed by atoms with Crippen molar-refractivity contribution < 1.29 is 14.3 Å². The Morgan fingerprint density at radius 1 is 1.42 bits per heavy atom. The number of rotatable bonds is 7. The number of aromatic nitrogens is 1. The second-order valence-corrected chi connectivity index (χ2v) is 4.32. The second-order valence-electron chi connectivity index (χ2n) is 4.32. The quantitative estimate of drug-likeness (QED) is 0.598. The summed E-state index contributed by atoms with van der Waals surface area (Å²) in [7, 11) is 1.61. The predicted octanol–water partition coefficient (Wildman–Crippen LogP) is 1.63. The molecule has 1 aromatic heterocycles. The van der Waals surface area contributed by atoms with E-state index in [1.807, 2.05) is 13.8 Å². The average Bonchev–Trinajstić information content (AvgIpc) is 2.41. The van der Waals surface area contributed by atoms with Crippen molar-refractivity contribution in [3.05, 3.63) is 30.2 Å². The predicted molar refractivity (Wildman–Crippen MR) is 73.6 cm³/mol. The second kappa shape index (κ2) is 7.53. The number of nitrogens with zero attached hydrogens (tertiary/aromatic N) is 1. The number of nitrogens with two attached hydrogens (primary N) is 1. The standard InChI is InChI=1S/C14H20N2O3/c1-10(2)14(17)12(8-15)13-5-4-11(9-16-13)19-7-6-18-3/h4-5,8-10H,6-7,15H2,1-3H3. The van der Waals surface area contributed by atoms with Crippen LogP contribution in [0.15, 0.2) is 24.5 Å². The van der Waals surface area contributed by atoms with Crippen molar-refractivity contribution in [1.82, 2.24) is 4.98 Å². The van der Waals surface area contributed by atoms with Gasteiger partial charge in [-0.15, -0.1) is 0 Å². The number of ether oxygens (including phenoxy) is 2. The van der Waals surface area contributed by atoms with E-state index in [2.05, 4.69) is 4.98 Å². The van der Waals surface area contributed by atoms with Crippen molar-refractivity contribution in [1.29, 1.82) is 0 Å². The normalized spacial score (nSPS) is 11.7. The Morgan fingerprint density at radius 3 is 2.63 bits per heavy atom. The van der Waals surface area contributed by atoms with Crippen molar-refractivity contribution in [3.63, 3.8) is 0 Å². The van der Waals surface area contributed by atoms with Crippen LogP contribution in [0.1, 0.15) is 19.5 Å². The maximum absolute atomic E-state index is 11.9. The number of Topliss-reactive ketones (excluding diaryl/α,β-unsaturated/α-hetero) is 1. The molecule has 0 fully saturated rings. The minimum Gasteiger partial charge on any atom is -0.490 e. The molecule has 0 aliphatic heterocycles. The van der Waals surface area contributed by atoms with Crippen LogP contribution in [0, 0.1) is 5.92 Å². The third-order valence-corrected chi connectivity index (χ3v) is 2.52. The summed E-state index contributed by atoms with van der Waals surface area (Å²) in [6, 6.07) is 3.48. The summed E-state index contributed by atoms with van der Waals surface area (Å²) >= 11 is 0. The molecule has 0 aliphatic carbocycles. The molecule has 0 amide bonds. The Hall–Kier alpha value is -1.88. The highest BCUT2D eigenvalue weighted by atomic mass is 16.5. The lowest BCUT2D eigenvalue weighted by Crippen LogP contribution is -2.12. The maximum atomic E-state index is 11.9. The molecule has 5 heteroatoms. The van der Waals surface area contributed by atoms with E-state index in [0.717, 1.165) is 0 Å². The van der Waals surface area contributed by atoms with Gasteiger partial charge in [0.2, 0.25) is 0 Å². The van der Waals surface area contributed by atoms with Gasteiger partial charge in [-0.1, -0.05) is 13.8 Å². The first-order chi connectivity index (χ1) is 9.10. The zero-order valence-corrected chi connectivity index (χ0v) is 11.6. The fourth-order valence-electron chi connectivity index (χ4n) is 1.47. The number of hydrogen-bond donors (Lipinski definition) is 1. The summed E-state index contributed by atoms with van der Waals surface area (Å²) in [4.78, 5) is 16.1. The summed E-state index contributed by atoms with van der Waals surface area (Å²) < 4.78 is 10.3. The zero-order chi connectivity index (χ0) is 14.3. The lowest BCUT2D eigenvalue weighted by molar-refractivity contribution is -0.116. The van der Waals surface area contributed by atoms with E-state index in [1.165, 1.54) is 6.20 Å². The van der Waals surface area contributed by atoms with Gasteiger partial charge in [0.25, 0.3) is 0 Å². The van der Waals surface area contributed by atoms with Gasteiger partial charge in [0.05, 0.1) is 24.1 Å². The molecule has 0 unspecified atom stereocenters. The third-order valence-electron chi connectivity index (χ3n) is 2.52. The monoisotopic (exact) mass is 264 g/mol. The van der Waals surface area contributed by atoms with Gasteiger partial charge in [-0.3, -0.25) is 9.78 Å².